The molecule has 7 heteroatoms. The molecule has 0 saturated heterocycles. The molecule has 1 aliphatic carbocycles. The number of nitrogens with two attached hydrogens (primary N) is 1. The lowest BCUT2D eigenvalue weighted by atomic mass is 9.91. The maximum absolute atomic E-state index is 11.9. The van der Waals surface area contributed by atoms with Gasteiger partial charge in [0.15, 0.2) is 0 Å². The molecule has 1 saturated carbocycles. The highest BCUT2D eigenvalue weighted by Gasteiger charge is 2.26. The lowest BCUT2D eigenvalue weighted by Crippen LogP contribution is -2.44. The largest absolute Gasteiger partial charge is 0.444 e. The lowest BCUT2D eigenvalue weighted by Gasteiger charge is -2.31. The second kappa shape index (κ2) is 7.38. The molecule has 0 aliphatic heterocycles. The van der Waals surface area contributed by atoms with Crippen LogP contribution in [0.2, 0.25) is 0 Å². The summed E-state index contributed by atoms with van der Waals surface area (Å²) in [6.07, 6.45) is 5.22. The Kier molecular flexibility index (Phi) is 5.73. The third-order valence-corrected chi connectivity index (χ3v) is 4.05. The summed E-state index contributed by atoms with van der Waals surface area (Å²) in [6.45, 7) is 5.58. The number of aromatic nitrogens is 1. The first kappa shape index (κ1) is 17.8. The summed E-state index contributed by atoms with van der Waals surface area (Å²) in [4.78, 5) is 16.2. The monoisotopic (exact) mass is 384 g/mol. The van der Waals surface area contributed by atoms with Crippen LogP contribution in [0.3, 0.4) is 0 Å². The molecule has 1 heterocycles. The number of carbonyl (C=O) groups is 1. The number of pyridine rings is 1. The van der Waals surface area contributed by atoms with Crippen molar-refractivity contribution in [2.45, 2.75) is 64.1 Å². The Morgan fingerprint density at radius 2 is 2.09 bits per heavy atom. The summed E-state index contributed by atoms with van der Waals surface area (Å²) in [5, 5.41) is 6.33. The number of ether oxygens (including phenoxy) is 1. The zero-order valence-corrected chi connectivity index (χ0v) is 15.4. The van der Waals surface area contributed by atoms with Gasteiger partial charge < -0.3 is 21.1 Å². The van der Waals surface area contributed by atoms with Gasteiger partial charge in [0, 0.05) is 22.8 Å². The molecule has 2 rings (SSSR count). The van der Waals surface area contributed by atoms with Crippen LogP contribution in [-0.2, 0) is 4.74 Å². The number of hydrogen-bond donors (Lipinski definition) is 3. The molecule has 0 aromatic carbocycles. The molecule has 1 aliphatic rings. The fraction of sp³-hybridized carbons (Fsp3) is 0.625. The van der Waals surface area contributed by atoms with Crippen molar-refractivity contribution in [1.82, 2.24) is 10.3 Å². The van der Waals surface area contributed by atoms with Gasteiger partial charge in [0.05, 0.1) is 5.69 Å². The third-order valence-electron chi connectivity index (χ3n) is 3.62. The molecule has 0 bridgehead atoms. The van der Waals surface area contributed by atoms with Crippen molar-refractivity contribution in [3.05, 3.63) is 16.7 Å². The Labute approximate surface area is 145 Å². The van der Waals surface area contributed by atoms with Gasteiger partial charge in [-0.3, -0.25) is 0 Å². The van der Waals surface area contributed by atoms with Crippen LogP contribution in [0, 0.1) is 0 Å². The highest BCUT2D eigenvalue weighted by molar-refractivity contribution is 9.10. The number of nitrogen functional groups attached to an aromatic ring is 1. The van der Waals surface area contributed by atoms with Crippen LogP contribution in [0.25, 0.3) is 0 Å². The molecule has 1 fully saturated rings. The van der Waals surface area contributed by atoms with E-state index in [9.17, 15) is 4.79 Å². The minimum absolute atomic E-state index is 0.104. The number of alkyl carbamates (subject to hydrolysis) is 1. The maximum atomic E-state index is 11.9. The molecular formula is C16H25BrN4O2. The summed E-state index contributed by atoms with van der Waals surface area (Å²) >= 11 is 3.35. The van der Waals surface area contributed by atoms with Gasteiger partial charge in [-0.1, -0.05) is 0 Å². The maximum Gasteiger partial charge on any atom is 0.407 e. The zero-order valence-electron chi connectivity index (χ0n) is 13.9. The Balaban J connectivity index is 1.89. The number of carbonyl (C=O) groups excluding carboxylic acids is 1. The molecule has 1 amide bonds. The Morgan fingerprint density at radius 1 is 1.39 bits per heavy atom. The van der Waals surface area contributed by atoms with Gasteiger partial charge >= 0.3 is 6.09 Å². The molecule has 0 radical (unpaired) electrons. The fourth-order valence-electron chi connectivity index (χ4n) is 2.70. The van der Waals surface area contributed by atoms with Crippen LogP contribution in [-0.4, -0.2) is 28.8 Å². The van der Waals surface area contributed by atoms with Crippen molar-refractivity contribution < 1.29 is 9.53 Å². The van der Waals surface area contributed by atoms with E-state index in [0.717, 1.165) is 30.2 Å². The Bertz CT molecular complexity index is 560. The number of hydrogen-bond acceptors (Lipinski definition) is 5. The Morgan fingerprint density at radius 3 is 2.74 bits per heavy atom. The average Bonchev–Trinajstić information content (AvgIpc) is 2.40. The smallest absolute Gasteiger partial charge is 0.407 e. The lowest BCUT2D eigenvalue weighted by molar-refractivity contribution is 0.0492. The van der Waals surface area contributed by atoms with Gasteiger partial charge in [-0.2, -0.15) is 0 Å². The van der Waals surface area contributed by atoms with Gasteiger partial charge in [-0.25, -0.2) is 9.78 Å². The van der Waals surface area contributed by atoms with Crippen LogP contribution in [0.1, 0.15) is 46.5 Å². The van der Waals surface area contributed by atoms with Gasteiger partial charge in [0.2, 0.25) is 0 Å². The minimum atomic E-state index is -0.480. The van der Waals surface area contributed by atoms with E-state index in [0.29, 0.717) is 11.5 Å². The quantitative estimate of drug-likeness (QED) is 0.739. The predicted molar refractivity (Wildman–Crippen MR) is 95.4 cm³/mol. The summed E-state index contributed by atoms with van der Waals surface area (Å²) in [5.74, 6) is 0.691. The molecule has 1 aromatic heterocycles. The first-order chi connectivity index (χ1) is 10.7. The van der Waals surface area contributed by atoms with Crippen LogP contribution < -0.4 is 16.4 Å². The number of nitrogens with one attached hydrogen (secondary N) is 2. The van der Waals surface area contributed by atoms with Crippen LogP contribution in [0.5, 0.6) is 0 Å². The van der Waals surface area contributed by atoms with Crippen LogP contribution in [0.15, 0.2) is 16.7 Å². The van der Waals surface area contributed by atoms with E-state index in [2.05, 4.69) is 31.5 Å². The zero-order chi connectivity index (χ0) is 17.0. The molecule has 0 unspecified atom stereocenters. The number of rotatable bonds is 3. The average molecular weight is 385 g/mol. The number of anilines is 2. The van der Waals surface area contributed by atoms with Crippen molar-refractivity contribution in [1.29, 1.82) is 0 Å². The highest BCUT2D eigenvalue weighted by atomic mass is 79.9. The summed E-state index contributed by atoms with van der Waals surface area (Å²) in [7, 11) is 0. The van der Waals surface area contributed by atoms with Crippen molar-refractivity contribution >= 4 is 33.5 Å². The molecule has 2 atom stereocenters. The number of halogens is 1. The van der Waals surface area contributed by atoms with E-state index in [4.69, 9.17) is 10.5 Å². The van der Waals surface area contributed by atoms with Crippen molar-refractivity contribution in [3.63, 3.8) is 0 Å². The molecule has 128 valence electrons. The summed E-state index contributed by atoms with van der Waals surface area (Å²) in [5.41, 5.74) is 6.11. The minimum Gasteiger partial charge on any atom is -0.444 e. The third kappa shape index (κ3) is 5.89. The first-order valence-corrected chi connectivity index (χ1v) is 8.69. The molecular weight excluding hydrogens is 360 g/mol. The van der Waals surface area contributed by atoms with Crippen LogP contribution in [0.4, 0.5) is 16.3 Å². The van der Waals surface area contributed by atoms with Crippen molar-refractivity contribution in [3.8, 4) is 0 Å². The normalized spacial score (nSPS) is 21.6. The van der Waals surface area contributed by atoms with Crippen molar-refractivity contribution in [2.24, 2.45) is 0 Å². The molecule has 1 aromatic rings. The Hall–Kier alpha value is -1.50. The fourth-order valence-corrected chi connectivity index (χ4v) is 3.04. The van der Waals surface area contributed by atoms with Crippen molar-refractivity contribution in [2.75, 3.05) is 11.1 Å². The number of nitrogens with zero attached hydrogens (tertiary/aromatic N) is 1. The number of amides is 1. The highest BCUT2D eigenvalue weighted by Crippen LogP contribution is 2.26. The van der Waals surface area contributed by atoms with E-state index >= 15 is 0 Å². The first-order valence-electron chi connectivity index (χ1n) is 7.90. The molecule has 0 spiro atoms. The molecule has 6 nitrogen and oxygen atoms in total. The van der Waals surface area contributed by atoms with E-state index in [-0.39, 0.29) is 18.2 Å². The summed E-state index contributed by atoms with van der Waals surface area (Å²) < 4.78 is 6.17. The van der Waals surface area contributed by atoms with Gasteiger partial charge in [-0.05, 0) is 68.5 Å². The standard InChI is InChI=1S/C16H25BrN4O2/c1-16(2,3)23-15(22)21-12-6-4-5-11(8-12)20-14-13(18)7-10(17)9-19-14/h7,9,11-12H,4-6,8,18H2,1-3H3,(H,19,20)(H,21,22)/t11-,12+/m0/s1. The van der Waals surface area contributed by atoms with Crippen LogP contribution >= 0.6 is 15.9 Å². The van der Waals surface area contributed by atoms with E-state index in [1.165, 1.54) is 0 Å². The second-order valence-electron chi connectivity index (χ2n) is 6.94. The van der Waals surface area contributed by atoms with E-state index in [1.54, 1.807) is 6.20 Å². The predicted octanol–water partition coefficient (Wildman–Crippen LogP) is 3.67. The van der Waals surface area contributed by atoms with Gasteiger partial charge in [0.1, 0.15) is 11.4 Å². The molecule has 23 heavy (non-hydrogen) atoms. The van der Waals surface area contributed by atoms with E-state index < -0.39 is 5.60 Å². The van der Waals surface area contributed by atoms with E-state index in [1.807, 2.05) is 26.8 Å². The topological polar surface area (TPSA) is 89.3 Å². The SMILES string of the molecule is CC(C)(C)OC(=O)N[C@@H]1CCC[C@H](Nc2ncc(Br)cc2N)C1. The van der Waals surface area contributed by atoms with Gasteiger partial charge in [0.25, 0.3) is 0 Å². The summed E-state index contributed by atoms with van der Waals surface area (Å²) in [6, 6.07) is 2.17. The molecule has 4 N–H and O–H groups in total. The van der Waals surface area contributed by atoms with Gasteiger partial charge in [-0.15, -0.1) is 0 Å². The second-order valence-corrected chi connectivity index (χ2v) is 7.86.